The van der Waals surface area contributed by atoms with Gasteiger partial charge in [-0.25, -0.2) is 9.78 Å². The Morgan fingerprint density at radius 1 is 1.50 bits per heavy atom. The second kappa shape index (κ2) is 3.60. The van der Waals surface area contributed by atoms with Crippen molar-refractivity contribution in [3.63, 3.8) is 0 Å². The maximum absolute atomic E-state index is 11.4. The molecule has 3 aromatic rings. The van der Waals surface area contributed by atoms with Crippen LogP contribution in [-0.4, -0.2) is 14.5 Å². The van der Waals surface area contributed by atoms with Gasteiger partial charge in [-0.15, -0.1) is 0 Å². The summed E-state index contributed by atoms with van der Waals surface area (Å²) in [6.07, 6.45) is 1.58. The molecule has 6 nitrogen and oxygen atoms in total. The Labute approximate surface area is 101 Å². The smallest absolute Gasteiger partial charge is 0.408 e. The summed E-state index contributed by atoms with van der Waals surface area (Å²) in [6, 6.07) is 7.27. The monoisotopic (exact) mass is 240 g/mol. The molecule has 0 aliphatic heterocycles. The minimum Gasteiger partial charge on any atom is -0.408 e. The van der Waals surface area contributed by atoms with E-state index < -0.39 is 5.76 Å². The van der Waals surface area contributed by atoms with Crippen molar-refractivity contribution in [3.8, 4) is 17.3 Å². The van der Waals surface area contributed by atoms with Gasteiger partial charge >= 0.3 is 5.76 Å². The van der Waals surface area contributed by atoms with Gasteiger partial charge in [0.2, 0.25) is 5.82 Å². The van der Waals surface area contributed by atoms with Gasteiger partial charge in [0.15, 0.2) is 5.58 Å². The first-order valence-corrected chi connectivity index (χ1v) is 5.24. The summed E-state index contributed by atoms with van der Waals surface area (Å²) >= 11 is 0. The third kappa shape index (κ3) is 1.42. The number of fused-ring (bicyclic) bond motifs is 1. The standard InChI is InChI=1S/C12H8N4O2/c1-16-9-4-7(2-3-10(9)18-12(16)17)8-6-14-11(5-13)15-8/h2-4,6H,1H3,(H,14,15). The third-order valence-electron chi connectivity index (χ3n) is 2.78. The number of aromatic nitrogens is 3. The average Bonchev–Trinajstić information content (AvgIpc) is 2.96. The number of imidazole rings is 1. The minimum atomic E-state index is -0.399. The molecule has 0 unspecified atom stereocenters. The van der Waals surface area contributed by atoms with Crippen LogP contribution in [0.2, 0.25) is 0 Å². The molecule has 1 N–H and O–H groups in total. The van der Waals surface area contributed by atoms with Crippen LogP contribution in [0.4, 0.5) is 0 Å². The van der Waals surface area contributed by atoms with Crippen LogP contribution in [0.25, 0.3) is 22.4 Å². The molecule has 0 atom stereocenters. The Morgan fingerprint density at radius 2 is 2.33 bits per heavy atom. The molecule has 0 saturated carbocycles. The predicted molar refractivity (Wildman–Crippen MR) is 63.8 cm³/mol. The fraction of sp³-hybridized carbons (Fsp3) is 0.0833. The highest BCUT2D eigenvalue weighted by Crippen LogP contribution is 2.22. The number of H-pyrrole nitrogens is 1. The SMILES string of the molecule is Cn1c(=O)oc2ccc(-c3cnc(C#N)[nH]3)cc21. The topological polar surface area (TPSA) is 87.6 Å². The molecule has 6 heteroatoms. The molecule has 2 heterocycles. The van der Waals surface area contributed by atoms with E-state index in [0.29, 0.717) is 11.1 Å². The number of nitrogens with one attached hydrogen (secondary N) is 1. The van der Waals surface area contributed by atoms with Crippen LogP contribution in [0.15, 0.2) is 33.6 Å². The summed E-state index contributed by atoms with van der Waals surface area (Å²) in [7, 11) is 1.64. The number of hydrogen-bond donors (Lipinski definition) is 1. The molecule has 18 heavy (non-hydrogen) atoms. The van der Waals surface area contributed by atoms with Crippen molar-refractivity contribution in [2.24, 2.45) is 7.05 Å². The van der Waals surface area contributed by atoms with E-state index in [0.717, 1.165) is 11.3 Å². The summed E-state index contributed by atoms with van der Waals surface area (Å²) in [6.45, 7) is 0. The van der Waals surface area contributed by atoms with Crippen molar-refractivity contribution in [1.82, 2.24) is 14.5 Å². The normalized spacial score (nSPS) is 10.7. The fourth-order valence-corrected chi connectivity index (χ4v) is 1.82. The molecular formula is C12H8N4O2. The maximum atomic E-state index is 11.4. The molecule has 0 amide bonds. The second-order valence-electron chi connectivity index (χ2n) is 3.87. The van der Waals surface area contributed by atoms with Gasteiger partial charge in [-0.05, 0) is 18.2 Å². The van der Waals surface area contributed by atoms with Gasteiger partial charge in [-0.3, -0.25) is 4.57 Å². The quantitative estimate of drug-likeness (QED) is 0.696. The molecule has 1 aromatic carbocycles. The molecule has 0 aliphatic rings. The lowest BCUT2D eigenvalue weighted by atomic mass is 10.1. The van der Waals surface area contributed by atoms with Gasteiger partial charge in [-0.2, -0.15) is 5.26 Å². The average molecular weight is 240 g/mol. The summed E-state index contributed by atoms with van der Waals surface area (Å²) < 4.78 is 6.48. The number of hydrogen-bond acceptors (Lipinski definition) is 4. The van der Waals surface area contributed by atoms with E-state index in [9.17, 15) is 4.79 Å². The van der Waals surface area contributed by atoms with Gasteiger partial charge in [0, 0.05) is 12.6 Å². The lowest BCUT2D eigenvalue weighted by Crippen LogP contribution is -2.08. The first-order valence-electron chi connectivity index (χ1n) is 5.24. The number of benzene rings is 1. The van der Waals surface area contributed by atoms with Crippen LogP contribution < -0.4 is 5.76 Å². The van der Waals surface area contributed by atoms with Gasteiger partial charge in [0.05, 0.1) is 17.4 Å². The Balaban J connectivity index is 2.21. The second-order valence-corrected chi connectivity index (χ2v) is 3.87. The lowest BCUT2D eigenvalue weighted by molar-refractivity contribution is 0.528. The third-order valence-corrected chi connectivity index (χ3v) is 2.78. The molecular weight excluding hydrogens is 232 g/mol. The van der Waals surface area contributed by atoms with Crippen molar-refractivity contribution in [2.75, 3.05) is 0 Å². The first kappa shape index (κ1) is 10.4. The van der Waals surface area contributed by atoms with Crippen LogP contribution >= 0.6 is 0 Å². The number of oxazole rings is 1. The molecule has 0 spiro atoms. The summed E-state index contributed by atoms with van der Waals surface area (Å²) in [5.41, 5.74) is 2.80. The number of nitriles is 1. The molecule has 0 fully saturated rings. The summed E-state index contributed by atoms with van der Waals surface area (Å²) in [4.78, 5) is 18.2. The van der Waals surface area contributed by atoms with Crippen LogP contribution in [0.3, 0.4) is 0 Å². The molecule has 0 saturated heterocycles. The van der Waals surface area contributed by atoms with Crippen molar-refractivity contribution in [2.45, 2.75) is 0 Å². The van der Waals surface area contributed by atoms with Gasteiger partial charge in [0.1, 0.15) is 6.07 Å². The number of aromatic amines is 1. The molecule has 0 aliphatic carbocycles. The highest BCUT2D eigenvalue weighted by atomic mass is 16.4. The Kier molecular flexibility index (Phi) is 2.07. The van der Waals surface area contributed by atoms with E-state index in [-0.39, 0.29) is 5.82 Å². The van der Waals surface area contributed by atoms with Crippen molar-refractivity contribution in [1.29, 1.82) is 5.26 Å². The minimum absolute atomic E-state index is 0.256. The zero-order valence-electron chi connectivity index (χ0n) is 9.47. The zero-order valence-corrected chi connectivity index (χ0v) is 9.47. The molecule has 2 aromatic heterocycles. The number of aryl methyl sites for hydroxylation is 1. The number of nitrogens with zero attached hydrogens (tertiary/aromatic N) is 3. The highest BCUT2D eigenvalue weighted by molar-refractivity contribution is 5.79. The highest BCUT2D eigenvalue weighted by Gasteiger charge is 2.09. The Bertz CT molecular complexity index is 832. The largest absolute Gasteiger partial charge is 0.419 e. The Morgan fingerprint density at radius 3 is 3.06 bits per heavy atom. The van der Waals surface area contributed by atoms with Crippen molar-refractivity contribution >= 4 is 11.1 Å². The fourth-order valence-electron chi connectivity index (χ4n) is 1.82. The van der Waals surface area contributed by atoms with E-state index in [1.54, 1.807) is 25.4 Å². The van der Waals surface area contributed by atoms with E-state index in [2.05, 4.69) is 9.97 Å². The van der Waals surface area contributed by atoms with Crippen molar-refractivity contribution < 1.29 is 4.42 Å². The molecule has 0 bridgehead atoms. The molecule has 3 rings (SSSR count). The van der Waals surface area contributed by atoms with Gasteiger partial charge < -0.3 is 9.40 Å². The summed E-state index contributed by atoms with van der Waals surface area (Å²) in [5, 5.41) is 8.71. The van der Waals surface area contributed by atoms with E-state index in [1.165, 1.54) is 4.57 Å². The zero-order chi connectivity index (χ0) is 12.7. The van der Waals surface area contributed by atoms with Crippen LogP contribution in [0.1, 0.15) is 5.82 Å². The van der Waals surface area contributed by atoms with E-state index in [1.807, 2.05) is 12.1 Å². The van der Waals surface area contributed by atoms with Gasteiger partial charge in [0.25, 0.3) is 0 Å². The number of rotatable bonds is 1. The van der Waals surface area contributed by atoms with Gasteiger partial charge in [-0.1, -0.05) is 0 Å². The first-order chi connectivity index (χ1) is 8.69. The predicted octanol–water partition coefficient (Wildman–Crippen LogP) is 1.39. The van der Waals surface area contributed by atoms with E-state index >= 15 is 0 Å². The van der Waals surface area contributed by atoms with Crippen molar-refractivity contribution in [3.05, 3.63) is 40.8 Å². The lowest BCUT2D eigenvalue weighted by Gasteiger charge is -1.97. The van der Waals surface area contributed by atoms with E-state index in [4.69, 9.17) is 9.68 Å². The molecule has 0 radical (unpaired) electrons. The maximum Gasteiger partial charge on any atom is 0.419 e. The van der Waals surface area contributed by atoms with Crippen LogP contribution in [0.5, 0.6) is 0 Å². The van der Waals surface area contributed by atoms with Crippen LogP contribution in [0, 0.1) is 11.3 Å². The molecule has 88 valence electrons. The summed E-state index contributed by atoms with van der Waals surface area (Å²) in [5.74, 6) is -0.143. The van der Waals surface area contributed by atoms with Crippen LogP contribution in [-0.2, 0) is 7.05 Å². The Hall–Kier alpha value is -2.81.